The first kappa shape index (κ1) is 7.24. The van der Waals surface area contributed by atoms with Gasteiger partial charge in [0, 0.05) is 13.3 Å². The van der Waals surface area contributed by atoms with Gasteiger partial charge >= 0.3 is 0 Å². The molecule has 2 aromatic heterocycles. The van der Waals surface area contributed by atoms with Crippen LogP contribution in [0.4, 0.5) is 0 Å². The molecule has 0 saturated heterocycles. The molecule has 0 N–H and O–H groups in total. The fourth-order valence-electron chi connectivity index (χ4n) is 0.999. The molecule has 62 valence electrons. The van der Waals surface area contributed by atoms with E-state index in [1.807, 2.05) is 12.1 Å². The van der Waals surface area contributed by atoms with Crippen LogP contribution in [0.2, 0.25) is 0 Å². The van der Waals surface area contributed by atoms with Crippen molar-refractivity contribution in [1.82, 2.24) is 9.97 Å². The monoisotopic (exact) mass is 164 g/mol. The lowest BCUT2D eigenvalue weighted by molar-refractivity contribution is 0.161. The van der Waals surface area contributed by atoms with Crippen LogP contribution in [0.15, 0.2) is 22.7 Å². The Morgan fingerprint density at radius 3 is 3.25 bits per heavy atom. The third-order valence-electron chi connectivity index (χ3n) is 1.48. The summed E-state index contributed by atoms with van der Waals surface area (Å²) in [7, 11) is 1.60. The van der Waals surface area contributed by atoms with E-state index in [0.29, 0.717) is 23.7 Å². The number of oxazole rings is 1. The fourth-order valence-corrected chi connectivity index (χ4v) is 0.999. The third-order valence-corrected chi connectivity index (χ3v) is 1.48. The van der Waals surface area contributed by atoms with Gasteiger partial charge in [0.2, 0.25) is 5.89 Å². The summed E-state index contributed by atoms with van der Waals surface area (Å²) in [6.45, 7) is 0.385. The molecule has 0 atom stereocenters. The average molecular weight is 164 g/mol. The van der Waals surface area contributed by atoms with Crippen LogP contribution in [0.3, 0.4) is 0 Å². The van der Waals surface area contributed by atoms with Gasteiger partial charge in [-0.2, -0.15) is 4.98 Å². The molecule has 0 amide bonds. The Morgan fingerprint density at radius 1 is 1.58 bits per heavy atom. The lowest BCUT2D eigenvalue weighted by atomic mass is 10.5. The molecule has 2 aromatic rings. The van der Waals surface area contributed by atoms with Crippen molar-refractivity contribution in [3.05, 3.63) is 24.2 Å². The molecule has 2 heterocycles. The smallest absolute Gasteiger partial charge is 0.223 e. The Bertz CT molecular complexity index is 350. The first-order chi connectivity index (χ1) is 5.90. The zero-order valence-corrected chi connectivity index (χ0v) is 6.65. The minimum atomic E-state index is 0.385. The van der Waals surface area contributed by atoms with Crippen LogP contribution in [0.5, 0.6) is 0 Å². The molecule has 0 bridgehead atoms. The van der Waals surface area contributed by atoms with Crippen LogP contribution in [-0.4, -0.2) is 17.1 Å². The van der Waals surface area contributed by atoms with Crippen molar-refractivity contribution in [2.45, 2.75) is 6.61 Å². The summed E-state index contributed by atoms with van der Waals surface area (Å²) in [4.78, 5) is 8.12. The Labute approximate surface area is 69.2 Å². The second-order valence-electron chi connectivity index (χ2n) is 2.37. The van der Waals surface area contributed by atoms with E-state index >= 15 is 0 Å². The molecule has 0 radical (unpaired) electrons. The molecule has 4 heteroatoms. The lowest BCUT2D eigenvalue weighted by Gasteiger charge is -1.87. The van der Waals surface area contributed by atoms with Gasteiger partial charge in [-0.15, -0.1) is 0 Å². The average Bonchev–Trinajstić information content (AvgIpc) is 2.47. The van der Waals surface area contributed by atoms with Crippen molar-refractivity contribution in [1.29, 1.82) is 0 Å². The summed E-state index contributed by atoms with van der Waals surface area (Å²) in [6.07, 6.45) is 1.68. The molecule has 0 aliphatic carbocycles. The van der Waals surface area contributed by atoms with E-state index in [1.54, 1.807) is 13.3 Å². The van der Waals surface area contributed by atoms with E-state index in [9.17, 15) is 0 Å². The second kappa shape index (κ2) is 2.91. The molecule has 4 nitrogen and oxygen atoms in total. The number of ether oxygens (including phenoxy) is 1. The van der Waals surface area contributed by atoms with Gasteiger partial charge in [0.05, 0.1) is 0 Å². The van der Waals surface area contributed by atoms with Crippen LogP contribution in [0.25, 0.3) is 11.2 Å². The quantitative estimate of drug-likeness (QED) is 0.672. The van der Waals surface area contributed by atoms with E-state index in [1.165, 1.54) is 0 Å². The van der Waals surface area contributed by atoms with Crippen LogP contribution in [0, 0.1) is 0 Å². The molecule has 0 aliphatic heterocycles. The highest BCUT2D eigenvalue weighted by Gasteiger charge is 2.03. The number of nitrogens with zero attached hydrogens (tertiary/aromatic N) is 2. The van der Waals surface area contributed by atoms with Crippen molar-refractivity contribution in [3.63, 3.8) is 0 Å². The zero-order valence-electron chi connectivity index (χ0n) is 6.65. The van der Waals surface area contributed by atoms with E-state index < -0.39 is 0 Å². The number of hydrogen-bond acceptors (Lipinski definition) is 4. The number of aromatic nitrogens is 2. The van der Waals surface area contributed by atoms with Crippen molar-refractivity contribution in [3.8, 4) is 0 Å². The molecule has 12 heavy (non-hydrogen) atoms. The van der Waals surface area contributed by atoms with Gasteiger partial charge in [0.25, 0.3) is 0 Å². The standard InChI is InChI=1S/C8H8N2O2/c1-11-5-7-10-8-6(12-7)3-2-4-9-8/h2-4H,5H2,1H3. The predicted molar refractivity (Wildman–Crippen MR) is 42.5 cm³/mol. The Morgan fingerprint density at radius 2 is 2.50 bits per heavy atom. The molecule has 0 fully saturated rings. The minimum absolute atomic E-state index is 0.385. The molecular weight excluding hydrogens is 156 g/mol. The molecule has 0 saturated carbocycles. The van der Waals surface area contributed by atoms with Crippen molar-refractivity contribution in [2.24, 2.45) is 0 Å². The topological polar surface area (TPSA) is 48.2 Å². The Kier molecular flexibility index (Phi) is 1.75. The normalized spacial score (nSPS) is 10.8. The van der Waals surface area contributed by atoms with Crippen molar-refractivity contribution < 1.29 is 9.15 Å². The van der Waals surface area contributed by atoms with Gasteiger partial charge in [0.1, 0.15) is 6.61 Å². The van der Waals surface area contributed by atoms with Gasteiger partial charge in [-0.25, -0.2) is 4.98 Å². The van der Waals surface area contributed by atoms with E-state index in [2.05, 4.69) is 9.97 Å². The number of rotatable bonds is 2. The van der Waals surface area contributed by atoms with Gasteiger partial charge in [-0.1, -0.05) is 0 Å². The summed E-state index contributed by atoms with van der Waals surface area (Å²) in [5.74, 6) is 0.561. The van der Waals surface area contributed by atoms with Gasteiger partial charge in [-0.05, 0) is 12.1 Å². The predicted octanol–water partition coefficient (Wildman–Crippen LogP) is 1.37. The summed E-state index contributed by atoms with van der Waals surface area (Å²) >= 11 is 0. The van der Waals surface area contributed by atoms with E-state index in [4.69, 9.17) is 9.15 Å². The highest BCUT2D eigenvalue weighted by molar-refractivity contribution is 5.66. The van der Waals surface area contributed by atoms with Crippen LogP contribution < -0.4 is 0 Å². The summed E-state index contributed by atoms with van der Waals surface area (Å²) < 4.78 is 10.2. The maximum absolute atomic E-state index is 5.31. The third kappa shape index (κ3) is 1.16. The summed E-state index contributed by atoms with van der Waals surface area (Å²) in [6, 6.07) is 3.64. The van der Waals surface area contributed by atoms with Crippen molar-refractivity contribution in [2.75, 3.05) is 7.11 Å². The summed E-state index contributed by atoms with van der Waals surface area (Å²) in [5.41, 5.74) is 1.33. The number of methoxy groups -OCH3 is 1. The number of fused-ring (bicyclic) bond motifs is 1. The second-order valence-corrected chi connectivity index (χ2v) is 2.37. The zero-order chi connectivity index (χ0) is 8.39. The minimum Gasteiger partial charge on any atom is -0.436 e. The van der Waals surface area contributed by atoms with Crippen LogP contribution >= 0.6 is 0 Å². The molecule has 0 aromatic carbocycles. The van der Waals surface area contributed by atoms with Crippen LogP contribution in [0.1, 0.15) is 5.89 Å². The highest BCUT2D eigenvalue weighted by atomic mass is 16.5. The first-order valence-electron chi connectivity index (χ1n) is 3.59. The highest BCUT2D eigenvalue weighted by Crippen LogP contribution is 2.12. The maximum Gasteiger partial charge on any atom is 0.223 e. The molecule has 0 spiro atoms. The Hall–Kier alpha value is -1.42. The van der Waals surface area contributed by atoms with Gasteiger partial charge < -0.3 is 9.15 Å². The first-order valence-corrected chi connectivity index (χ1v) is 3.59. The van der Waals surface area contributed by atoms with Gasteiger partial charge in [-0.3, -0.25) is 0 Å². The van der Waals surface area contributed by atoms with Gasteiger partial charge in [0.15, 0.2) is 11.2 Å². The molecule has 0 aliphatic rings. The molecule has 2 rings (SSSR count). The summed E-state index contributed by atoms with van der Waals surface area (Å²) in [5, 5.41) is 0. The van der Waals surface area contributed by atoms with E-state index in [0.717, 1.165) is 0 Å². The fraction of sp³-hybridized carbons (Fsp3) is 0.250. The van der Waals surface area contributed by atoms with E-state index in [-0.39, 0.29) is 0 Å². The molecule has 0 unspecified atom stereocenters. The SMILES string of the molecule is COCc1nc2ncccc2o1. The largest absolute Gasteiger partial charge is 0.436 e. The number of hydrogen-bond donors (Lipinski definition) is 0. The van der Waals surface area contributed by atoms with Crippen molar-refractivity contribution >= 4 is 11.2 Å². The lowest BCUT2D eigenvalue weighted by Crippen LogP contribution is -1.85. The number of pyridine rings is 1. The van der Waals surface area contributed by atoms with Crippen LogP contribution in [-0.2, 0) is 11.3 Å². The maximum atomic E-state index is 5.31. The molecular formula is C8H8N2O2. The Balaban J connectivity index is 2.47.